The van der Waals surface area contributed by atoms with Crippen LogP contribution in [0, 0.1) is 11.8 Å². The predicted molar refractivity (Wildman–Crippen MR) is 112 cm³/mol. The van der Waals surface area contributed by atoms with Crippen molar-refractivity contribution in [2.24, 2.45) is 11.8 Å². The summed E-state index contributed by atoms with van der Waals surface area (Å²) < 4.78 is 18.7. The van der Waals surface area contributed by atoms with Crippen LogP contribution in [0.2, 0.25) is 18.1 Å². The number of methoxy groups -OCH3 is 2. The van der Waals surface area contributed by atoms with Gasteiger partial charge in [0.1, 0.15) is 0 Å². The molecule has 3 nitrogen and oxygen atoms in total. The van der Waals surface area contributed by atoms with Crippen LogP contribution in [-0.4, -0.2) is 51.0 Å². The van der Waals surface area contributed by atoms with E-state index in [9.17, 15) is 0 Å². The normalized spacial score (nSPS) is 21.8. The molecule has 0 aliphatic carbocycles. The highest BCUT2D eigenvalue weighted by molar-refractivity contribution is 8.17. The maximum absolute atomic E-state index is 6.92. The average molecular weight is 395 g/mol. The number of thioether (sulfide) groups is 2. The minimum atomic E-state index is -1.86. The van der Waals surface area contributed by atoms with Gasteiger partial charge >= 0.3 is 0 Å². The lowest BCUT2D eigenvalue weighted by Crippen LogP contribution is -2.51. The Morgan fingerprint density at radius 2 is 1.50 bits per heavy atom. The van der Waals surface area contributed by atoms with E-state index in [1.807, 2.05) is 0 Å². The summed E-state index contributed by atoms with van der Waals surface area (Å²) in [5, 5.41) is 0.202. The van der Waals surface area contributed by atoms with E-state index >= 15 is 0 Å². The first-order valence-electron chi connectivity index (χ1n) is 9.01. The van der Waals surface area contributed by atoms with Gasteiger partial charge in [-0.05, 0) is 36.1 Å². The minimum absolute atomic E-state index is 0.152. The van der Waals surface area contributed by atoms with Crippen molar-refractivity contribution in [2.45, 2.75) is 76.1 Å². The third-order valence-corrected chi connectivity index (χ3v) is 13.3. The Balaban J connectivity index is 3.01. The van der Waals surface area contributed by atoms with Crippen molar-refractivity contribution in [1.29, 1.82) is 0 Å². The van der Waals surface area contributed by atoms with Gasteiger partial charge in [-0.15, -0.1) is 23.5 Å². The Morgan fingerprint density at radius 3 is 1.92 bits per heavy atom. The van der Waals surface area contributed by atoms with Crippen LogP contribution < -0.4 is 0 Å². The summed E-state index contributed by atoms with van der Waals surface area (Å²) in [7, 11) is 1.59. The van der Waals surface area contributed by atoms with Crippen molar-refractivity contribution in [3.63, 3.8) is 0 Å². The SMILES string of the molecule is COC(OC)[C@@H](C)[C@H](O[Si](C)(C)C(C)(C)C)[C@H](C)C1SCCCS1. The zero-order valence-electron chi connectivity index (χ0n) is 17.0. The summed E-state index contributed by atoms with van der Waals surface area (Å²) >= 11 is 4.19. The second-order valence-corrected chi connectivity index (χ2v) is 15.9. The molecule has 1 rings (SSSR count). The molecule has 0 aromatic carbocycles. The molecule has 0 amide bonds. The Labute approximate surface area is 159 Å². The number of hydrogen-bond donors (Lipinski definition) is 0. The Bertz CT molecular complexity index is 364. The zero-order chi connectivity index (χ0) is 18.5. The van der Waals surface area contributed by atoms with Gasteiger partial charge in [-0.3, -0.25) is 0 Å². The third-order valence-electron chi connectivity index (χ3n) is 5.45. The lowest BCUT2D eigenvalue weighted by molar-refractivity contribution is -0.159. The summed E-state index contributed by atoms with van der Waals surface area (Å²) in [4.78, 5) is 0. The lowest BCUT2D eigenvalue weighted by Gasteiger charge is -2.45. The molecule has 3 atom stereocenters. The molecule has 1 saturated heterocycles. The standard InChI is InChI=1S/C18H38O3S2Si/c1-13(16(19-6)20-7)15(21-24(8,9)18(3,4)5)14(2)17-22-11-10-12-23-17/h13-17H,10-12H2,1-9H3/t13-,14-,15-/m0/s1. The fourth-order valence-electron chi connectivity index (χ4n) is 2.86. The first-order valence-corrected chi connectivity index (χ1v) is 14.0. The smallest absolute Gasteiger partial charge is 0.192 e. The second-order valence-electron chi connectivity index (χ2n) is 8.36. The van der Waals surface area contributed by atoms with Crippen LogP contribution in [0.15, 0.2) is 0 Å². The second kappa shape index (κ2) is 9.65. The average Bonchev–Trinajstić information content (AvgIpc) is 2.52. The molecule has 6 heteroatoms. The molecule has 0 spiro atoms. The molecule has 0 saturated carbocycles. The maximum Gasteiger partial charge on any atom is 0.192 e. The minimum Gasteiger partial charge on any atom is -0.413 e. The quantitative estimate of drug-likeness (QED) is 0.402. The van der Waals surface area contributed by atoms with Gasteiger partial charge < -0.3 is 13.9 Å². The number of hydrogen-bond acceptors (Lipinski definition) is 5. The van der Waals surface area contributed by atoms with Gasteiger partial charge in [-0.1, -0.05) is 34.6 Å². The molecule has 24 heavy (non-hydrogen) atoms. The summed E-state index contributed by atoms with van der Waals surface area (Å²) in [5.41, 5.74) is 0. The van der Waals surface area contributed by atoms with Crippen LogP contribution in [0.4, 0.5) is 0 Å². The van der Waals surface area contributed by atoms with E-state index in [0.717, 1.165) is 0 Å². The highest BCUT2D eigenvalue weighted by Crippen LogP contribution is 2.44. The number of ether oxygens (including phenoxy) is 2. The van der Waals surface area contributed by atoms with Crippen molar-refractivity contribution in [2.75, 3.05) is 25.7 Å². The highest BCUT2D eigenvalue weighted by atomic mass is 32.2. The topological polar surface area (TPSA) is 27.7 Å². The summed E-state index contributed by atoms with van der Waals surface area (Å²) in [6.07, 6.45) is 1.25. The fraction of sp³-hybridized carbons (Fsp3) is 1.00. The van der Waals surface area contributed by atoms with Gasteiger partial charge in [0, 0.05) is 26.1 Å². The van der Waals surface area contributed by atoms with E-state index in [4.69, 9.17) is 13.9 Å². The maximum atomic E-state index is 6.92. The van der Waals surface area contributed by atoms with Crippen LogP contribution in [0.25, 0.3) is 0 Å². The van der Waals surface area contributed by atoms with Gasteiger partial charge in [0.2, 0.25) is 0 Å². The van der Waals surface area contributed by atoms with E-state index < -0.39 is 8.32 Å². The monoisotopic (exact) mass is 394 g/mol. The van der Waals surface area contributed by atoms with Gasteiger partial charge in [0.25, 0.3) is 0 Å². The molecule has 0 radical (unpaired) electrons. The lowest BCUT2D eigenvalue weighted by atomic mass is 9.94. The molecule has 0 aromatic rings. The van der Waals surface area contributed by atoms with E-state index in [1.165, 1.54) is 17.9 Å². The Hall–Kier alpha value is 0.797. The summed E-state index contributed by atoms with van der Waals surface area (Å²) in [6, 6.07) is 0. The van der Waals surface area contributed by atoms with Gasteiger partial charge in [-0.25, -0.2) is 0 Å². The van der Waals surface area contributed by atoms with Crippen molar-refractivity contribution >= 4 is 31.8 Å². The van der Waals surface area contributed by atoms with E-state index in [-0.39, 0.29) is 23.4 Å². The van der Waals surface area contributed by atoms with Crippen LogP contribution in [0.1, 0.15) is 41.0 Å². The van der Waals surface area contributed by atoms with E-state index in [1.54, 1.807) is 14.2 Å². The third kappa shape index (κ3) is 5.91. The largest absolute Gasteiger partial charge is 0.413 e. The van der Waals surface area contributed by atoms with Gasteiger partial charge in [0.05, 0.1) is 10.7 Å². The predicted octanol–water partition coefficient (Wildman–Crippen LogP) is 5.46. The van der Waals surface area contributed by atoms with Crippen LogP contribution in [0.5, 0.6) is 0 Å². The molecule has 0 N–H and O–H groups in total. The van der Waals surface area contributed by atoms with Crippen molar-refractivity contribution in [3.05, 3.63) is 0 Å². The molecular weight excluding hydrogens is 356 g/mol. The summed E-state index contributed by atoms with van der Waals surface area (Å²) in [6.45, 7) is 16.2. The Morgan fingerprint density at radius 1 is 1.00 bits per heavy atom. The van der Waals surface area contributed by atoms with Crippen LogP contribution in [0.3, 0.4) is 0 Å². The summed E-state index contributed by atoms with van der Waals surface area (Å²) in [5.74, 6) is 3.20. The van der Waals surface area contributed by atoms with Gasteiger partial charge in [-0.2, -0.15) is 0 Å². The molecule has 144 valence electrons. The fourth-order valence-corrected chi connectivity index (χ4v) is 7.47. The molecular formula is C18H38O3S2Si. The van der Waals surface area contributed by atoms with Crippen molar-refractivity contribution in [1.82, 2.24) is 0 Å². The molecule has 0 unspecified atom stereocenters. The highest BCUT2D eigenvalue weighted by Gasteiger charge is 2.44. The van der Waals surface area contributed by atoms with Crippen LogP contribution >= 0.6 is 23.5 Å². The van der Waals surface area contributed by atoms with E-state index in [2.05, 4.69) is 71.2 Å². The molecule has 0 bridgehead atoms. The molecule has 1 heterocycles. The Kier molecular flexibility index (Phi) is 9.18. The van der Waals surface area contributed by atoms with Crippen LogP contribution in [-0.2, 0) is 13.9 Å². The molecule has 1 fully saturated rings. The van der Waals surface area contributed by atoms with E-state index in [0.29, 0.717) is 10.5 Å². The molecule has 0 aromatic heterocycles. The first-order chi connectivity index (χ1) is 11.0. The first kappa shape index (κ1) is 22.8. The van der Waals surface area contributed by atoms with Gasteiger partial charge in [0.15, 0.2) is 14.6 Å². The zero-order valence-corrected chi connectivity index (χ0v) is 19.7. The van der Waals surface area contributed by atoms with Crippen molar-refractivity contribution < 1.29 is 13.9 Å². The molecule has 1 aliphatic rings. The van der Waals surface area contributed by atoms with Crippen molar-refractivity contribution in [3.8, 4) is 0 Å². The number of rotatable bonds is 8. The molecule has 1 aliphatic heterocycles.